The molecule has 6 heteroatoms. The Labute approximate surface area is 364 Å². The van der Waals surface area contributed by atoms with Gasteiger partial charge in [-0.25, -0.2) is 0 Å². The van der Waals surface area contributed by atoms with E-state index in [1.54, 1.807) is 0 Å². The molecular formula is C53H92O6. The predicted molar refractivity (Wildman–Crippen MR) is 251 cm³/mol. The monoisotopic (exact) mass is 825 g/mol. The molecule has 0 bridgehead atoms. The van der Waals surface area contributed by atoms with Crippen LogP contribution in [0.15, 0.2) is 60.8 Å². The van der Waals surface area contributed by atoms with Crippen LogP contribution in [0.2, 0.25) is 0 Å². The van der Waals surface area contributed by atoms with Crippen LogP contribution in [-0.4, -0.2) is 37.2 Å². The molecule has 0 aromatic rings. The molecule has 1 unspecified atom stereocenters. The summed E-state index contributed by atoms with van der Waals surface area (Å²) in [7, 11) is 0. The molecule has 1 atom stereocenters. The number of esters is 3. The summed E-state index contributed by atoms with van der Waals surface area (Å²) < 4.78 is 16.7. The minimum absolute atomic E-state index is 0.0892. The van der Waals surface area contributed by atoms with E-state index in [9.17, 15) is 14.4 Å². The highest BCUT2D eigenvalue weighted by Gasteiger charge is 2.19. The van der Waals surface area contributed by atoms with Gasteiger partial charge in [-0.1, -0.05) is 197 Å². The number of hydrogen-bond acceptors (Lipinski definition) is 6. The Morgan fingerprint density at radius 3 is 1.08 bits per heavy atom. The van der Waals surface area contributed by atoms with Gasteiger partial charge in [-0.05, 0) is 83.5 Å². The second kappa shape index (κ2) is 47.8. The Morgan fingerprint density at radius 1 is 0.356 bits per heavy atom. The largest absolute Gasteiger partial charge is 0.462 e. The van der Waals surface area contributed by atoms with Gasteiger partial charge in [0.15, 0.2) is 6.10 Å². The molecule has 0 N–H and O–H groups in total. The van der Waals surface area contributed by atoms with Crippen LogP contribution < -0.4 is 0 Å². The second-order valence-corrected chi connectivity index (χ2v) is 16.3. The molecule has 0 aliphatic heterocycles. The lowest BCUT2D eigenvalue weighted by Crippen LogP contribution is -2.30. The third-order valence-corrected chi connectivity index (χ3v) is 10.5. The van der Waals surface area contributed by atoms with Crippen LogP contribution in [0, 0.1) is 0 Å². The minimum Gasteiger partial charge on any atom is -0.462 e. The molecule has 0 aliphatic carbocycles. The fourth-order valence-electron chi connectivity index (χ4n) is 6.78. The lowest BCUT2D eigenvalue weighted by molar-refractivity contribution is -0.167. The molecule has 0 radical (unpaired) electrons. The summed E-state index contributed by atoms with van der Waals surface area (Å²) in [5.41, 5.74) is 0. The topological polar surface area (TPSA) is 78.9 Å². The van der Waals surface area contributed by atoms with Gasteiger partial charge in [-0.3, -0.25) is 14.4 Å². The quantitative estimate of drug-likeness (QED) is 0.0263. The van der Waals surface area contributed by atoms with Gasteiger partial charge in [-0.2, -0.15) is 0 Å². The Kier molecular flexibility index (Phi) is 45.4. The van der Waals surface area contributed by atoms with Gasteiger partial charge in [0.25, 0.3) is 0 Å². The van der Waals surface area contributed by atoms with Gasteiger partial charge >= 0.3 is 17.9 Å². The fraction of sp³-hybridized carbons (Fsp3) is 0.755. The number of unbranched alkanes of at least 4 members (excludes halogenated alkanes) is 23. The molecule has 0 spiro atoms. The van der Waals surface area contributed by atoms with Crippen molar-refractivity contribution in [2.45, 2.75) is 245 Å². The molecule has 0 aromatic heterocycles. The summed E-state index contributed by atoms with van der Waals surface area (Å²) in [5.74, 6) is -0.940. The van der Waals surface area contributed by atoms with Gasteiger partial charge in [0.1, 0.15) is 13.2 Å². The Bertz CT molecular complexity index is 1090. The van der Waals surface area contributed by atoms with Crippen molar-refractivity contribution in [2.24, 2.45) is 0 Å². The van der Waals surface area contributed by atoms with E-state index in [1.165, 1.54) is 103 Å². The second-order valence-electron chi connectivity index (χ2n) is 16.3. The van der Waals surface area contributed by atoms with Crippen molar-refractivity contribution < 1.29 is 28.6 Å². The third-order valence-electron chi connectivity index (χ3n) is 10.5. The first kappa shape index (κ1) is 56.1. The SMILES string of the molecule is CC/C=C\C/C=C\C/C=C\C/C=C\CCCCC(=O)OCC(COC(=O)CCCCCCCCCCCCC)OC(=O)CCCCCCC/C=C\CCCCCCCC. The predicted octanol–water partition coefficient (Wildman–Crippen LogP) is 16.1. The van der Waals surface area contributed by atoms with Gasteiger partial charge in [0, 0.05) is 19.3 Å². The van der Waals surface area contributed by atoms with Crippen molar-refractivity contribution in [2.75, 3.05) is 13.2 Å². The highest BCUT2D eigenvalue weighted by Crippen LogP contribution is 2.14. The van der Waals surface area contributed by atoms with Crippen LogP contribution in [0.4, 0.5) is 0 Å². The highest BCUT2D eigenvalue weighted by molar-refractivity contribution is 5.71. The standard InChI is InChI=1S/C53H92O6/c1-4-7-10-13-16-19-22-24-26-28-31-34-37-40-43-46-52(55)58-49-50(48-57-51(54)45-42-39-36-33-30-21-18-15-12-9-6-3)59-53(56)47-44-41-38-35-32-29-27-25-23-20-17-14-11-8-5-2/h7,10,16,19,24-27,31,34,50H,4-6,8-9,11-15,17-18,20-23,28-30,32-33,35-49H2,1-3H3/b10-7-,19-16-,26-24-,27-25-,34-31-. The number of allylic oxidation sites excluding steroid dienone is 10. The van der Waals surface area contributed by atoms with Crippen molar-refractivity contribution in [3.05, 3.63) is 60.8 Å². The Morgan fingerprint density at radius 2 is 0.661 bits per heavy atom. The van der Waals surface area contributed by atoms with Crippen LogP contribution in [0.5, 0.6) is 0 Å². The van der Waals surface area contributed by atoms with Gasteiger partial charge in [0.05, 0.1) is 0 Å². The molecule has 6 nitrogen and oxygen atoms in total. The number of carbonyl (C=O) groups is 3. The molecule has 0 fully saturated rings. The lowest BCUT2D eigenvalue weighted by atomic mass is 10.1. The zero-order valence-corrected chi connectivity index (χ0v) is 38.8. The first-order chi connectivity index (χ1) is 29.0. The summed E-state index contributed by atoms with van der Waals surface area (Å²) in [6, 6.07) is 0. The summed E-state index contributed by atoms with van der Waals surface area (Å²) >= 11 is 0. The van der Waals surface area contributed by atoms with E-state index < -0.39 is 6.10 Å². The molecule has 0 saturated carbocycles. The molecule has 0 amide bonds. The van der Waals surface area contributed by atoms with E-state index >= 15 is 0 Å². The van der Waals surface area contributed by atoms with Gasteiger partial charge in [-0.15, -0.1) is 0 Å². The van der Waals surface area contributed by atoms with Crippen molar-refractivity contribution in [1.29, 1.82) is 0 Å². The van der Waals surface area contributed by atoms with Crippen molar-refractivity contribution in [1.82, 2.24) is 0 Å². The van der Waals surface area contributed by atoms with E-state index in [1.807, 2.05) is 0 Å². The molecule has 0 saturated heterocycles. The average molecular weight is 825 g/mol. The summed E-state index contributed by atoms with van der Waals surface area (Å²) in [4.78, 5) is 37.9. The maximum absolute atomic E-state index is 12.8. The Balaban J connectivity index is 4.45. The average Bonchev–Trinajstić information content (AvgIpc) is 3.23. The van der Waals surface area contributed by atoms with Crippen molar-refractivity contribution in [3.8, 4) is 0 Å². The number of ether oxygens (including phenoxy) is 3. The maximum Gasteiger partial charge on any atom is 0.306 e. The van der Waals surface area contributed by atoms with E-state index in [0.29, 0.717) is 19.3 Å². The minimum atomic E-state index is -0.791. The molecule has 0 aromatic carbocycles. The number of rotatable bonds is 44. The highest BCUT2D eigenvalue weighted by atomic mass is 16.6. The fourth-order valence-corrected chi connectivity index (χ4v) is 6.78. The zero-order valence-electron chi connectivity index (χ0n) is 38.8. The van der Waals surface area contributed by atoms with Crippen LogP contribution in [0.1, 0.15) is 239 Å². The van der Waals surface area contributed by atoms with Crippen LogP contribution in [0.3, 0.4) is 0 Å². The summed E-state index contributed by atoms with van der Waals surface area (Å²) in [6.07, 6.45) is 57.7. The molecule has 0 rings (SSSR count). The lowest BCUT2D eigenvalue weighted by Gasteiger charge is -2.18. The first-order valence-electron chi connectivity index (χ1n) is 24.8. The number of hydrogen-bond donors (Lipinski definition) is 0. The first-order valence-corrected chi connectivity index (χ1v) is 24.8. The van der Waals surface area contributed by atoms with Gasteiger partial charge in [0.2, 0.25) is 0 Å². The Hall–Kier alpha value is -2.89. The molecular weight excluding hydrogens is 733 g/mol. The van der Waals surface area contributed by atoms with E-state index in [-0.39, 0.29) is 31.1 Å². The smallest absolute Gasteiger partial charge is 0.306 e. The molecule has 0 heterocycles. The molecule has 0 aliphatic rings. The van der Waals surface area contributed by atoms with Crippen LogP contribution >= 0.6 is 0 Å². The zero-order chi connectivity index (χ0) is 43.0. The third kappa shape index (κ3) is 46.0. The normalized spacial score (nSPS) is 12.5. The van der Waals surface area contributed by atoms with Crippen LogP contribution in [-0.2, 0) is 28.6 Å². The van der Waals surface area contributed by atoms with Crippen LogP contribution in [0.25, 0.3) is 0 Å². The van der Waals surface area contributed by atoms with E-state index in [2.05, 4.69) is 81.5 Å². The van der Waals surface area contributed by atoms with Crippen molar-refractivity contribution >= 4 is 17.9 Å². The maximum atomic E-state index is 12.8. The van der Waals surface area contributed by atoms with Gasteiger partial charge < -0.3 is 14.2 Å². The number of carbonyl (C=O) groups excluding carboxylic acids is 3. The van der Waals surface area contributed by atoms with E-state index in [0.717, 1.165) is 96.3 Å². The van der Waals surface area contributed by atoms with Crippen molar-refractivity contribution in [3.63, 3.8) is 0 Å². The summed E-state index contributed by atoms with van der Waals surface area (Å²) in [5, 5.41) is 0. The van der Waals surface area contributed by atoms with E-state index in [4.69, 9.17) is 14.2 Å². The summed E-state index contributed by atoms with van der Waals surface area (Å²) in [6.45, 7) is 6.47. The molecule has 59 heavy (non-hydrogen) atoms. The molecule has 340 valence electrons.